The first-order valence-corrected chi connectivity index (χ1v) is 9.66. The number of amides is 1. The number of nitro benzene ring substituents is 1. The Hall–Kier alpha value is -2.94. The average Bonchev–Trinajstić information content (AvgIpc) is 3.12. The Balaban J connectivity index is 1.67. The second kappa shape index (κ2) is 8.39. The maximum absolute atomic E-state index is 12.4. The summed E-state index contributed by atoms with van der Waals surface area (Å²) in [6, 6.07) is 5.70. The van der Waals surface area contributed by atoms with Crippen LogP contribution in [0.3, 0.4) is 0 Å². The summed E-state index contributed by atoms with van der Waals surface area (Å²) < 4.78 is 10.4. The lowest BCUT2D eigenvalue weighted by atomic mass is 9.99. The molecule has 9 heteroatoms. The van der Waals surface area contributed by atoms with Crippen molar-refractivity contribution in [3.63, 3.8) is 0 Å². The summed E-state index contributed by atoms with van der Waals surface area (Å²) in [7, 11) is 1.39. The number of thiophene rings is 1. The van der Waals surface area contributed by atoms with Crippen LogP contribution >= 0.6 is 11.3 Å². The molecule has 0 aliphatic heterocycles. The molecule has 2 aromatic rings. The summed E-state index contributed by atoms with van der Waals surface area (Å²) in [6.45, 7) is 1.45. The van der Waals surface area contributed by atoms with E-state index in [4.69, 9.17) is 9.47 Å². The van der Waals surface area contributed by atoms with Crippen LogP contribution in [-0.2, 0) is 22.4 Å². The number of rotatable bonds is 6. The van der Waals surface area contributed by atoms with E-state index < -0.39 is 22.9 Å². The quantitative estimate of drug-likeness (QED) is 0.446. The molecule has 0 saturated heterocycles. The molecule has 8 nitrogen and oxygen atoms in total. The lowest BCUT2D eigenvalue weighted by Crippen LogP contribution is -2.30. The maximum Gasteiger partial charge on any atom is 0.349 e. The first-order valence-electron chi connectivity index (χ1n) is 8.85. The molecule has 0 radical (unpaired) electrons. The summed E-state index contributed by atoms with van der Waals surface area (Å²) in [5.74, 6) is -0.884. The Morgan fingerprint density at radius 1 is 1.25 bits per heavy atom. The van der Waals surface area contributed by atoms with E-state index in [9.17, 15) is 19.7 Å². The van der Waals surface area contributed by atoms with Gasteiger partial charge in [0.1, 0.15) is 10.6 Å². The fourth-order valence-corrected chi connectivity index (χ4v) is 4.14. The van der Waals surface area contributed by atoms with Crippen LogP contribution in [-0.4, -0.2) is 30.0 Å². The molecule has 1 amide bonds. The van der Waals surface area contributed by atoms with Crippen molar-refractivity contribution >= 4 is 34.6 Å². The van der Waals surface area contributed by atoms with Crippen molar-refractivity contribution in [1.82, 2.24) is 0 Å². The van der Waals surface area contributed by atoms with Gasteiger partial charge in [0.05, 0.1) is 17.7 Å². The minimum atomic E-state index is -1.07. The third kappa shape index (κ3) is 4.30. The Morgan fingerprint density at radius 3 is 2.68 bits per heavy atom. The molecule has 1 heterocycles. The van der Waals surface area contributed by atoms with Crippen molar-refractivity contribution in [2.24, 2.45) is 0 Å². The lowest BCUT2D eigenvalue weighted by molar-refractivity contribution is -0.384. The van der Waals surface area contributed by atoms with Gasteiger partial charge in [0.2, 0.25) is 0 Å². The highest BCUT2D eigenvalue weighted by Crippen LogP contribution is 2.31. The van der Waals surface area contributed by atoms with Crippen molar-refractivity contribution in [2.45, 2.75) is 38.7 Å². The Bertz CT molecular complexity index is 900. The van der Waals surface area contributed by atoms with E-state index in [2.05, 4.69) is 5.32 Å². The molecule has 148 valence electrons. The molecule has 0 unspecified atom stereocenters. The SMILES string of the molecule is COc1ccc([N+](=O)[O-])cc1NC(=O)[C@@H](C)OC(=O)c1cc2c(s1)CCCC2. The summed E-state index contributed by atoms with van der Waals surface area (Å²) in [4.78, 5) is 36.9. The summed E-state index contributed by atoms with van der Waals surface area (Å²) in [6.07, 6.45) is 3.08. The van der Waals surface area contributed by atoms with Gasteiger partial charge in [-0.1, -0.05) is 0 Å². The van der Waals surface area contributed by atoms with Crippen LogP contribution in [0.1, 0.15) is 39.9 Å². The monoisotopic (exact) mass is 404 g/mol. The summed E-state index contributed by atoms with van der Waals surface area (Å²) >= 11 is 1.41. The molecule has 1 aliphatic rings. The van der Waals surface area contributed by atoms with E-state index in [1.165, 1.54) is 54.0 Å². The van der Waals surface area contributed by atoms with Crippen molar-refractivity contribution in [2.75, 3.05) is 12.4 Å². The number of esters is 1. The van der Waals surface area contributed by atoms with Gasteiger partial charge in [0, 0.05) is 17.0 Å². The van der Waals surface area contributed by atoms with Crippen LogP contribution in [0.25, 0.3) is 0 Å². The second-order valence-electron chi connectivity index (χ2n) is 6.44. The number of benzene rings is 1. The number of methoxy groups -OCH3 is 1. The second-order valence-corrected chi connectivity index (χ2v) is 7.58. The molecular formula is C19H20N2O6S. The fraction of sp³-hybridized carbons (Fsp3) is 0.368. The highest BCUT2D eigenvalue weighted by atomic mass is 32.1. The Labute approximate surface area is 165 Å². The number of non-ortho nitro benzene ring substituents is 1. The predicted octanol–water partition coefficient (Wildman–Crippen LogP) is 3.73. The van der Waals surface area contributed by atoms with E-state index in [-0.39, 0.29) is 17.1 Å². The topological polar surface area (TPSA) is 108 Å². The molecular weight excluding hydrogens is 384 g/mol. The van der Waals surface area contributed by atoms with Gasteiger partial charge in [-0.15, -0.1) is 11.3 Å². The Morgan fingerprint density at radius 2 is 2.00 bits per heavy atom. The first kappa shape index (κ1) is 19.8. The largest absolute Gasteiger partial charge is 0.495 e. The van der Waals surface area contributed by atoms with Gasteiger partial charge in [-0.2, -0.15) is 0 Å². The van der Waals surface area contributed by atoms with Gasteiger partial charge < -0.3 is 14.8 Å². The van der Waals surface area contributed by atoms with E-state index in [0.717, 1.165) is 25.7 Å². The van der Waals surface area contributed by atoms with Crippen LogP contribution in [0.15, 0.2) is 24.3 Å². The number of nitrogens with one attached hydrogen (secondary N) is 1. The molecule has 0 spiro atoms. The fourth-order valence-electron chi connectivity index (χ4n) is 3.00. The zero-order valence-corrected chi connectivity index (χ0v) is 16.3. The number of aryl methyl sites for hydroxylation is 2. The molecule has 0 saturated carbocycles. The molecule has 28 heavy (non-hydrogen) atoms. The van der Waals surface area contributed by atoms with Crippen LogP contribution in [0.4, 0.5) is 11.4 Å². The standard InChI is InChI=1S/C19H20N2O6S/c1-11(27-19(23)17-9-12-5-3-4-6-16(12)28-17)18(22)20-14-10-13(21(24)25)7-8-15(14)26-2/h7-11H,3-6H2,1-2H3,(H,20,22)/t11-/m1/s1. The number of carbonyl (C=O) groups is 2. The number of hydrogen-bond acceptors (Lipinski definition) is 7. The van der Waals surface area contributed by atoms with Crippen molar-refractivity contribution in [3.05, 3.63) is 49.7 Å². The third-order valence-electron chi connectivity index (χ3n) is 4.50. The molecule has 1 aromatic heterocycles. The number of fused-ring (bicyclic) bond motifs is 1. The van der Waals surface area contributed by atoms with Crippen LogP contribution in [0, 0.1) is 10.1 Å². The van der Waals surface area contributed by atoms with Gasteiger partial charge in [-0.05, 0) is 50.3 Å². The average molecular weight is 404 g/mol. The van der Waals surface area contributed by atoms with E-state index in [0.29, 0.717) is 4.88 Å². The van der Waals surface area contributed by atoms with Gasteiger partial charge in [-0.3, -0.25) is 14.9 Å². The molecule has 3 rings (SSSR count). The smallest absolute Gasteiger partial charge is 0.349 e. The normalized spacial score (nSPS) is 13.9. The number of anilines is 1. The molecule has 0 bridgehead atoms. The van der Waals surface area contributed by atoms with Crippen molar-refractivity contribution in [3.8, 4) is 5.75 Å². The number of nitro groups is 1. The van der Waals surface area contributed by atoms with E-state index >= 15 is 0 Å². The number of nitrogens with zero attached hydrogens (tertiary/aromatic N) is 1. The zero-order valence-electron chi connectivity index (χ0n) is 15.5. The van der Waals surface area contributed by atoms with E-state index in [1.54, 1.807) is 0 Å². The zero-order chi connectivity index (χ0) is 20.3. The molecule has 1 N–H and O–H groups in total. The maximum atomic E-state index is 12.4. The van der Waals surface area contributed by atoms with Gasteiger partial charge in [0.15, 0.2) is 6.10 Å². The van der Waals surface area contributed by atoms with Crippen LogP contribution < -0.4 is 10.1 Å². The highest BCUT2D eigenvalue weighted by Gasteiger charge is 2.24. The van der Waals surface area contributed by atoms with Gasteiger partial charge in [-0.25, -0.2) is 4.79 Å². The van der Waals surface area contributed by atoms with Crippen LogP contribution in [0.5, 0.6) is 5.75 Å². The number of hydrogen-bond donors (Lipinski definition) is 1. The highest BCUT2D eigenvalue weighted by molar-refractivity contribution is 7.14. The van der Waals surface area contributed by atoms with Crippen molar-refractivity contribution < 1.29 is 24.0 Å². The predicted molar refractivity (Wildman–Crippen MR) is 104 cm³/mol. The van der Waals surface area contributed by atoms with Gasteiger partial charge >= 0.3 is 5.97 Å². The van der Waals surface area contributed by atoms with E-state index in [1.807, 2.05) is 6.07 Å². The molecule has 1 aliphatic carbocycles. The minimum absolute atomic E-state index is 0.135. The lowest BCUT2D eigenvalue weighted by Gasteiger charge is -2.14. The van der Waals surface area contributed by atoms with Crippen LogP contribution in [0.2, 0.25) is 0 Å². The molecule has 0 fully saturated rings. The minimum Gasteiger partial charge on any atom is -0.495 e. The number of ether oxygens (including phenoxy) is 2. The third-order valence-corrected chi connectivity index (χ3v) is 5.72. The summed E-state index contributed by atoms with van der Waals surface area (Å²) in [5.41, 5.74) is 1.13. The van der Waals surface area contributed by atoms with Crippen molar-refractivity contribution in [1.29, 1.82) is 0 Å². The first-order chi connectivity index (χ1) is 13.4. The Kier molecular flexibility index (Phi) is 5.93. The number of carbonyl (C=O) groups excluding carboxylic acids is 2. The summed E-state index contributed by atoms with van der Waals surface area (Å²) in [5, 5.41) is 13.5. The molecule has 1 atom stereocenters. The molecule has 1 aromatic carbocycles. The van der Waals surface area contributed by atoms with Gasteiger partial charge in [0.25, 0.3) is 11.6 Å².